The van der Waals surface area contributed by atoms with Crippen LogP contribution in [0.3, 0.4) is 0 Å². The Kier molecular flexibility index (Phi) is 7.87. The molecule has 10 nitrogen and oxygen atoms in total. The van der Waals surface area contributed by atoms with Crippen molar-refractivity contribution in [1.82, 2.24) is 9.80 Å². The first-order valence-electron chi connectivity index (χ1n) is 14.0. The molecule has 4 aliphatic heterocycles. The third-order valence-corrected chi connectivity index (χ3v) is 7.62. The van der Waals surface area contributed by atoms with E-state index in [4.69, 9.17) is 9.47 Å². The van der Waals surface area contributed by atoms with Gasteiger partial charge < -0.3 is 29.1 Å². The maximum Gasteiger partial charge on any atom is 0.274 e. The molecular formula is C30H34N6O4. The van der Waals surface area contributed by atoms with E-state index in [1.165, 1.54) is 0 Å². The number of benzene rings is 2. The molecule has 0 saturated carbocycles. The van der Waals surface area contributed by atoms with Gasteiger partial charge in [0, 0.05) is 50.6 Å². The SMILES string of the molecule is O=C1C(N2CCOCC2)=CCCN1c1ccc(/N=N\c2ccc(N3CCC=C(N4CCOCC4)C3=O)cc2)cc1. The molecular weight excluding hydrogens is 508 g/mol. The van der Waals surface area contributed by atoms with Crippen molar-refractivity contribution in [3.8, 4) is 0 Å². The minimum absolute atomic E-state index is 0.0300. The summed E-state index contributed by atoms with van der Waals surface area (Å²) in [6, 6.07) is 15.2. The van der Waals surface area contributed by atoms with Gasteiger partial charge in [-0.3, -0.25) is 9.59 Å². The predicted octanol–water partition coefficient (Wildman–Crippen LogP) is 4.01. The normalized spacial score (nSPS) is 20.7. The average molecular weight is 543 g/mol. The highest BCUT2D eigenvalue weighted by Gasteiger charge is 2.29. The summed E-state index contributed by atoms with van der Waals surface area (Å²) in [4.78, 5) is 34.2. The topological polar surface area (TPSA) is 90.3 Å². The number of carbonyl (C=O) groups is 2. The average Bonchev–Trinajstić information content (AvgIpc) is 3.02. The molecule has 0 unspecified atom stereocenters. The van der Waals surface area contributed by atoms with E-state index in [9.17, 15) is 9.59 Å². The molecule has 2 fully saturated rings. The van der Waals surface area contributed by atoms with Crippen LogP contribution < -0.4 is 9.80 Å². The van der Waals surface area contributed by atoms with Gasteiger partial charge in [0.15, 0.2) is 0 Å². The second-order valence-corrected chi connectivity index (χ2v) is 10.1. The van der Waals surface area contributed by atoms with Crippen molar-refractivity contribution in [1.29, 1.82) is 0 Å². The molecule has 0 N–H and O–H groups in total. The Balaban J connectivity index is 1.08. The fraction of sp³-hybridized carbons (Fsp3) is 0.400. The lowest BCUT2D eigenvalue weighted by Crippen LogP contribution is -2.45. The molecule has 2 saturated heterocycles. The van der Waals surface area contributed by atoms with Crippen LogP contribution in [0.2, 0.25) is 0 Å². The Labute approximate surface area is 234 Å². The molecule has 4 heterocycles. The zero-order chi connectivity index (χ0) is 27.3. The summed E-state index contributed by atoms with van der Waals surface area (Å²) in [5, 5.41) is 8.76. The highest BCUT2D eigenvalue weighted by atomic mass is 16.5. The monoisotopic (exact) mass is 542 g/mol. The number of nitrogens with zero attached hydrogens (tertiary/aromatic N) is 6. The summed E-state index contributed by atoms with van der Waals surface area (Å²) in [6.07, 6.45) is 5.73. The molecule has 0 atom stereocenters. The van der Waals surface area contributed by atoms with Crippen LogP contribution in [0.25, 0.3) is 0 Å². The molecule has 208 valence electrons. The van der Waals surface area contributed by atoms with Crippen molar-refractivity contribution in [2.24, 2.45) is 10.2 Å². The zero-order valence-electron chi connectivity index (χ0n) is 22.6. The lowest BCUT2D eigenvalue weighted by molar-refractivity contribution is -0.118. The van der Waals surface area contributed by atoms with E-state index >= 15 is 0 Å². The molecule has 0 aliphatic carbocycles. The number of carbonyl (C=O) groups excluding carboxylic acids is 2. The maximum atomic E-state index is 13.2. The lowest BCUT2D eigenvalue weighted by Gasteiger charge is -2.35. The minimum Gasteiger partial charge on any atom is -0.378 e. The predicted molar refractivity (Wildman–Crippen MR) is 152 cm³/mol. The quantitative estimate of drug-likeness (QED) is 0.513. The van der Waals surface area contributed by atoms with Crippen LogP contribution in [0.5, 0.6) is 0 Å². The lowest BCUT2D eigenvalue weighted by atomic mass is 10.1. The van der Waals surface area contributed by atoms with Gasteiger partial charge in [0.25, 0.3) is 11.8 Å². The second kappa shape index (κ2) is 12.0. The van der Waals surface area contributed by atoms with Gasteiger partial charge in [-0.1, -0.05) is 12.2 Å². The molecule has 2 aromatic carbocycles. The van der Waals surface area contributed by atoms with Gasteiger partial charge in [0.1, 0.15) is 0 Å². The summed E-state index contributed by atoms with van der Waals surface area (Å²) >= 11 is 0. The molecule has 10 heteroatoms. The number of ether oxygens (including phenoxy) is 2. The molecule has 6 rings (SSSR count). The van der Waals surface area contributed by atoms with Crippen LogP contribution in [0.1, 0.15) is 12.8 Å². The van der Waals surface area contributed by atoms with Crippen molar-refractivity contribution < 1.29 is 19.1 Å². The standard InChI is InChI=1S/C30H34N6O4/c37-29-27(33-15-19-39-20-16-33)3-1-13-35(29)25-9-5-23(6-10-25)31-32-24-7-11-26(12-8-24)36-14-2-4-28(30(36)38)34-17-21-40-22-18-34/h3-12H,1-2,13-22H2/b32-31-. The largest absolute Gasteiger partial charge is 0.378 e. The van der Waals surface area contributed by atoms with Crippen molar-refractivity contribution in [3.05, 3.63) is 72.1 Å². The number of morpholine rings is 2. The van der Waals surface area contributed by atoms with Crippen LogP contribution in [0, 0.1) is 0 Å². The van der Waals surface area contributed by atoms with E-state index in [1.54, 1.807) is 0 Å². The minimum atomic E-state index is 0.0300. The summed E-state index contributed by atoms with van der Waals surface area (Å²) in [5.74, 6) is 0.0599. The van der Waals surface area contributed by atoms with E-state index in [2.05, 4.69) is 20.0 Å². The molecule has 40 heavy (non-hydrogen) atoms. The van der Waals surface area contributed by atoms with Crippen molar-refractivity contribution >= 4 is 34.6 Å². The molecule has 0 aromatic heterocycles. The van der Waals surface area contributed by atoms with Gasteiger partial charge in [-0.25, -0.2) is 0 Å². The Morgan fingerprint density at radius 1 is 0.525 bits per heavy atom. The van der Waals surface area contributed by atoms with Gasteiger partial charge in [-0.05, 0) is 61.4 Å². The number of anilines is 2. The van der Waals surface area contributed by atoms with Gasteiger partial charge in [0.05, 0.1) is 49.2 Å². The van der Waals surface area contributed by atoms with Crippen molar-refractivity contribution in [2.75, 3.05) is 75.5 Å². The highest BCUT2D eigenvalue weighted by Crippen LogP contribution is 2.29. The molecule has 2 aromatic rings. The summed E-state index contributed by atoms with van der Waals surface area (Å²) in [6.45, 7) is 6.88. The fourth-order valence-corrected chi connectivity index (χ4v) is 5.46. The number of rotatable bonds is 6. The van der Waals surface area contributed by atoms with Crippen molar-refractivity contribution in [3.63, 3.8) is 0 Å². The van der Waals surface area contributed by atoms with Crippen LogP contribution in [0.4, 0.5) is 22.7 Å². The number of hydrogen-bond donors (Lipinski definition) is 0. The van der Waals surface area contributed by atoms with Gasteiger partial charge >= 0.3 is 0 Å². The Morgan fingerprint density at radius 3 is 1.27 bits per heavy atom. The third kappa shape index (κ3) is 5.64. The van der Waals surface area contributed by atoms with Crippen LogP contribution in [0.15, 0.2) is 82.3 Å². The van der Waals surface area contributed by atoms with Gasteiger partial charge in [-0.2, -0.15) is 10.2 Å². The third-order valence-electron chi connectivity index (χ3n) is 7.62. The zero-order valence-corrected chi connectivity index (χ0v) is 22.6. The summed E-state index contributed by atoms with van der Waals surface area (Å²) < 4.78 is 10.9. The van der Waals surface area contributed by atoms with Crippen LogP contribution >= 0.6 is 0 Å². The Bertz CT molecular complexity index is 1210. The molecule has 0 bridgehead atoms. The molecule has 0 radical (unpaired) electrons. The smallest absolute Gasteiger partial charge is 0.274 e. The van der Waals surface area contributed by atoms with Gasteiger partial charge in [0.2, 0.25) is 0 Å². The van der Waals surface area contributed by atoms with E-state index in [-0.39, 0.29) is 11.8 Å². The first-order chi connectivity index (χ1) is 19.7. The summed E-state index contributed by atoms with van der Waals surface area (Å²) in [7, 11) is 0. The first-order valence-corrected chi connectivity index (χ1v) is 14.0. The van der Waals surface area contributed by atoms with E-state index in [0.29, 0.717) is 50.9 Å². The first kappa shape index (κ1) is 26.2. The van der Waals surface area contributed by atoms with E-state index in [1.807, 2.05) is 70.5 Å². The molecule has 4 aliphatic rings. The Morgan fingerprint density at radius 2 is 0.900 bits per heavy atom. The fourth-order valence-electron chi connectivity index (χ4n) is 5.46. The van der Waals surface area contributed by atoms with E-state index in [0.717, 1.165) is 61.8 Å². The summed E-state index contributed by atoms with van der Waals surface area (Å²) in [5.41, 5.74) is 4.64. The van der Waals surface area contributed by atoms with Gasteiger partial charge in [-0.15, -0.1) is 0 Å². The highest BCUT2D eigenvalue weighted by molar-refractivity contribution is 6.06. The maximum absolute atomic E-state index is 13.2. The molecule has 2 amide bonds. The van der Waals surface area contributed by atoms with Crippen LogP contribution in [-0.4, -0.2) is 87.3 Å². The molecule has 0 spiro atoms. The van der Waals surface area contributed by atoms with Crippen LogP contribution in [-0.2, 0) is 19.1 Å². The second-order valence-electron chi connectivity index (χ2n) is 10.1. The number of amides is 2. The Hall–Kier alpha value is -4.02. The number of hydrogen-bond acceptors (Lipinski definition) is 8. The van der Waals surface area contributed by atoms with E-state index < -0.39 is 0 Å². The number of azo groups is 1. The van der Waals surface area contributed by atoms with Crippen molar-refractivity contribution in [2.45, 2.75) is 12.8 Å².